The van der Waals surface area contributed by atoms with Gasteiger partial charge >= 0.3 is 0 Å². The van der Waals surface area contributed by atoms with Crippen molar-refractivity contribution in [3.8, 4) is 0 Å². The minimum absolute atomic E-state index is 0.227. The molecule has 1 atom stereocenters. The fraction of sp³-hybridized carbons (Fsp3) is 0.938. The maximum absolute atomic E-state index is 7.52. The number of nitrogens with zero attached hydrogens (tertiary/aromatic N) is 1. The Morgan fingerprint density at radius 2 is 1.71 bits per heavy atom. The maximum Gasteiger partial charge on any atom is 0.288 e. The van der Waals surface area contributed by atoms with Gasteiger partial charge in [0, 0.05) is 6.42 Å². The molecule has 0 saturated heterocycles. The summed E-state index contributed by atoms with van der Waals surface area (Å²) in [6.45, 7) is 12.7. The summed E-state index contributed by atoms with van der Waals surface area (Å²) in [5, 5.41) is 11.7. The first-order valence-electron chi connectivity index (χ1n) is 8.87. The summed E-state index contributed by atoms with van der Waals surface area (Å²) in [6, 6.07) is 0.619. The summed E-state index contributed by atoms with van der Waals surface area (Å²) >= 11 is 0. The van der Waals surface area contributed by atoms with E-state index in [-0.39, 0.29) is 5.96 Å². The molecule has 0 radical (unpaired) electrons. The molecule has 5 heteroatoms. The Balaban J connectivity index is 5.10. The van der Waals surface area contributed by atoms with Gasteiger partial charge < -0.3 is 15.5 Å². The minimum atomic E-state index is 0.227. The molecule has 0 aromatic carbocycles. The molecule has 0 aromatic heterocycles. The van der Waals surface area contributed by atoms with Crippen LogP contribution >= 0.6 is 0 Å². The molecule has 7 N–H and O–H groups in total. The summed E-state index contributed by atoms with van der Waals surface area (Å²) in [6.07, 6.45) is 6.23. The highest BCUT2D eigenvalue weighted by Gasteiger charge is 2.36. The third-order valence-electron chi connectivity index (χ3n) is 4.48. The SMILES string of the molecule is CCCCC(C[NH2+]C(=N)N)[N+](CCC)(CCC)CC[NH2+]C. The highest BCUT2D eigenvalue weighted by Crippen LogP contribution is 2.20. The second-order valence-electron chi connectivity index (χ2n) is 6.28. The average molecular weight is 303 g/mol. The number of rotatable bonds is 13. The van der Waals surface area contributed by atoms with Crippen LogP contribution in [0.25, 0.3) is 0 Å². The van der Waals surface area contributed by atoms with Crippen molar-refractivity contribution in [2.24, 2.45) is 5.73 Å². The zero-order chi connectivity index (χ0) is 16.1. The number of unbranched alkanes of at least 4 members (excludes halogenated alkanes) is 1. The Kier molecular flexibility index (Phi) is 11.6. The summed E-state index contributed by atoms with van der Waals surface area (Å²) in [5.74, 6) is 0.227. The molecule has 0 heterocycles. The first-order valence-corrected chi connectivity index (χ1v) is 8.87. The van der Waals surface area contributed by atoms with Gasteiger partial charge in [0.1, 0.15) is 25.7 Å². The smallest absolute Gasteiger partial charge is 0.288 e. The number of nitrogens with two attached hydrogens (primary N) is 3. The molecule has 21 heavy (non-hydrogen) atoms. The van der Waals surface area contributed by atoms with Gasteiger partial charge in [-0.05, 0) is 19.3 Å². The molecule has 1 unspecified atom stereocenters. The van der Waals surface area contributed by atoms with Crippen LogP contribution in [0.4, 0.5) is 0 Å². The Morgan fingerprint density at radius 3 is 2.14 bits per heavy atom. The topological polar surface area (TPSA) is 83.1 Å². The molecule has 0 amide bonds. The second kappa shape index (κ2) is 12.0. The lowest BCUT2D eigenvalue weighted by atomic mass is 10.0. The number of hydrogen-bond acceptors (Lipinski definition) is 1. The summed E-state index contributed by atoms with van der Waals surface area (Å²) in [4.78, 5) is 0. The van der Waals surface area contributed by atoms with Crippen LogP contribution in [0.3, 0.4) is 0 Å². The molecule has 0 fully saturated rings. The monoisotopic (exact) mass is 302 g/mol. The first-order chi connectivity index (χ1) is 10.1. The Labute approximate surface area is 131 Å². The quantitative estimate of drug-likeness (QED) is 0.213. The van der Waals surface area contributed by atoms with Gasteiger partial charge in [-0.25, -0.2) is 5.41 Å². The average Bonchev–Trinajstić information content (AvgIpc) is 2.45. The van der Waals surface area contributed by atoms with Gasteiger partial charge in [0.2, 0.25) is 0 Å². The standard InChI is InChI=1S/C16H38N5/c1-5-8-9-15(14-20-16(17)18)21(11-6-2,12-7-3)13-10-19-4/h15,19H,5-14H2,1-4H3,(H4,17,18,20)/q+1/p+2. The van der Waals surface area contributed by atoms with E-state index in [2.05, 4.69) is 33.1 Å². The van der Waals surface area contributed by atoms with E-state index in [4.69, 9.17) is 11.1 Å². The van der Waals surface area contributed by atoms with Crippen molar-refractivity contribution in [3.05, 3.63) is 0 Å². The maximum atomic E-state index is 7.52. The molecule has 0 bridgehead atoms. The van der Waals surface area contributed by atoms with Gasteiger partial charge in [-0.2, -0.15) is 0 Å². The number of nitrogens with one attached hydrogen (secondary N) is 1. The lowest BCUT2D eigenvalue weighted by molar-refractivity contribution is -0.967. The van der Waals surface area contributed by atoms with Crippen molar-refractivity contribution in [1.82, 2.24) is 0 Å². The molecular formula is C16H40N5+3. The molecule has 5 nitrogen and oxygen atoms in total. The number of quaternary nitrogens is 3. The van der Waals surface area contributed by atoms with E-state index in [0.29, 0.717) is 6.04 Å². The normalized spacial score (nSPS) is 13.3. The Morgan fingerprint density at radius 1 is 1.10 bits per heavy atom. The predicted molar refractivity (Wildman–Crippen MR) is 90.2 cm³/mol. The fourth-order valence-electron chi connectivity index (χ4n) is 3.48. The number of likely N-dealkylation sites (N-methyl/N-ethyl adjacent to an activating group) is 1. The summed E-state index contributed by atoms with van der Waals surface area (Å²) in [7, 11) is 2.16. The van der Waals surface area contributed by atoms with Crippen LogP contribution in [0.1, 0.15) is 52.9 Å². The zero-order valence-corrected chi connectivity index (χ0v) is 14.8. The number of guanidine groups is 1. The Bertz CT molecular complexity index is 261. The molecular weight excluding hydrogens is 262 g/mol. The van der Waals surface area contributed by atoms with Crippen molar-refractivity contribution < 1.29 is 15.1 Å². The summed E-state index contributed by atoms with van der Waals surface area (Å²) < 4.78 is 1.21. The van der Waals surface area contributed by atoms with E-state index >= 15 is 0 Å². The first kappa shape index (κ1) is 20.3. The highest BCUT2D eigenvalue weighted by molar-refractivity contribution is 5.63. The lowest BCUT2D eigenvalue weighted by Gasteiger charge is -2.44. The minimum Gasteiger partial charge on any atom is -0.344 e. The van der Waals surface area contributed by atoms with Crippen LogP contribution in [0, 0.1) is 5.41 Å². The second-order valence-corrected chi connectivity index (χ2v) is 6.28. The van der Waals surface area contributed by atoms with E-state index in [1.807, 2.05) is 5.32 Å². The van der Waals surface area contributed by atoms with E-state index in [0.717, 1.165) is 6.54 Å². The molecule has 0 aliphatic rings. The van der Waals surface area contributed by atoms with Gasteiger partial charge in [-0.1, -0.05) is 27.2 Å². The lowest BCUT2D eigenvalue weighted by Crippen LogP contribution is -2.94. The van der Waals surface area contributed by atoms with Crippen LogP contribution in [0.2, 0.25) is 0 Å². The van der Waals surface area contributed by atoms with Crippen molar-refractivity contribution in [2.75, 3.05) is 39.8 Å². The summed E-state index contributed by atoms with van der Waals surface area (Å²) in [5.41, 5.74) is 5.58. The fourth-order valence-corrected chi connectivity index (χ4v) is 3.48. The van der Waals surface area contributed by atoms with E-state index in [1.54, 1.807) is 0 Å². The van der Waals surface area contributed by atoms with Gasteiger partial charge in [-0.15, -0.1) is 0 Å². The van der Waals surface area contributed by atoms with Crippen molar-refractivity contribution in [1.29, 1.82) is 5.41 Å². The van der Waals surface area contributed by atoms with Gasteiger partial charge in [0.25, 0.3) is 5.96 Å². The van der Waals surface area contributed by atoms with Crippen LogP contribution < -0.4 is 16.4 Å². The third-order valence-corrected chi connectivity index (χ3v) is 4.48. The molecule has 0 aromatic rings. The van der Waals surface area contributed by atoms with Gasteiger partial charge in [0.05, 0.1) is 20.1 Å². The molecule has 0 spiro atoms. The molecule has 0 saturated carbocycles. The van der Waals surface area contributed by atoms with Crippen molar-refractivity contribution in [2.45, 2.75) is 58.9 Å². The van der Waals surface area contributed by atoms with Gasteiger partial charge in [-0.3, -0.25) is 5.32 Å². The molecule has 0 aliphatic carbocycles. The van der Waals surface area contributed by atoms with Crippen LogP contribution in [0.15, 0.2) is 0 Å². The van der Waals surface area contributed by atoms with E-state index in [9.17, 15) is 0 Å². The van der Waals surface area contributed by atoms with Crippen LogP contribution in [-0.4, -0.2) is 56.3 Å². The van der Waals surface area contributed by atoms with E-state index < -0.39 is 0 Å². The largest absolute Gasteiger partial charge is 0.344 e. The highest BCUT2D eigenvalue weighted by atomic mass is 15.4. The Hall–Kier alpha value is -0.650. The molecule has 0 rings (SSSR count). The van der Waals surface area contributed by atoms with Crippen LogP contribution in [0.5, 0.6) is 0 Å². The van der Waals surface area contributed by atoms with Crippen molar-refractivity contribution in [3.63, 3.8) is 0 Å². The number of hydrogen-bond donors (Lipinski definition) is 4. The predicted octanol–water partition coefficient (Wildman–Crippen LogP) is -0.168. The zero-order valence-electron chi connectivity index (χ0n) is 14.8. The van der Waals surface area contributed by atoms with Crippen molar-refractivity contribution >= 4 is 5.96 Å². The molecule has 0 aliphatic heterocycles. The van der Waals surface area contributed by atoms with Gasteiger partial charge in [0.15, 0.2) is 0 Å². The molecule has 126 valence electrons. The van der Waals surface area contributed by atoms with E-state index in [1.165, 1.54) is 62.8 Å². The third kappa shape index (κ3) is 7.79. The van der Waals surface area contributed by atoms with Crippen LogP contribution in [-0.2, 0) is 0 Å².